The van der Waals surface area contributed by atoms with Gasteiger partial charge in [-0.1, -0.05) is 19.3 Å². The third-order valence-corrected chi connectivity index (χ3v) is 6.09. The third kappa shape index (κ3) is 3.33. The standard InChI is InChI=1S/C18H31NO3/c1-2-22-16-13-15(18(16)8-4-3-5-9-18)19-17(20)12-14-6-10-21-11-7-14/h14-16H,2-13H2,1H3,(H,19,20)/t15-,16+/m0/s1. The third-order valence-electron chi connectivity index (χ3n) is 6.09. The smallest absolute Gasteiger partial charge is 0.220 e. The Labute approximate surface area is 134 Å². The van der Waals surface area contributed by atoms with Crippen molar-refractivity contribution in [1.82, 2.24) is 5.32 Å². The highest BCUT2D eigenvalue weighted by atomic mass is 16.5. The van der Waals surface area contributed by atoms with Crippen LogP contribution in [0.2, 0.25) is 0 Å². The molecule has 2 aliphatic carbocycles. The van der Waals surface area contributed by atoms with E-state index in [1.165, 1.54) is 32.1 Å². The lowest BCUT2D eigenvalue weighted by Crippen LogP contribution is -2.65. The van der Waals surface area contributed by atoms with Crippen LogP contribution in [0.25, 0.3) is 0 Å². The van der Waals surface area contributed by atoms with E-state index in [9.17, 15) is 4.79 Å². The summed E-state index contributed by atoms with van der Waals surface area (Å²) in [5, 5.41) is 3.35. The minimum Gasteiger partial charge on any atom is -0.381 e. The van der Waals surface area contributed by atoms with Gasteiger partial charge in [0.05, 0.1) is 6.10 Å². The maximum Gasteiger partial charge on any atom is 0.220 e. The lowest BCUT2D eigenvalue weighted by Gasteiger charge is -2.57. The molecule has 3 rings (SSSR count). The maximum absolute atomic E-state index is 12.4. The SMILES string of the molecule is CCO[C@@H]1C[C@H](NC(=O)CC2CCOCC2)C12CCCCC2. The largest absolute Gasteiger partial charge is 0.381 e. The van der Waals surface area contributed by atoms with Crippen LogP contribution in [0.1, 0.15) is 64.7 Å². The van der Waals surface area contributed by atoms with Crippen LogP contribution >= 0.6 is 0 Å². The topological polar surface area (TPSA) is 47.6 Å². The fourth-order valence-electron chi connectivity index (χ4n) is 4.73. The van der Waals surface area contributed by atoms with Crippen molar-refractivity contribution < 1.29 is 14.3 Å². The van der Waals surface area contributed by atoms with Gasteiger partial charge >= 0.3 is 0 Å². The Morgan fingerprint density at radius 2 is 1.95 bits per heavy atom. The monoisotopic (exact) mass is 309 g/mol. The second-order valence-corrected chi connectivity index (χ2v) is 7.35. The molecule has 4 heteroatoms. The molecule has 1 N–H and O–H groups in total. The van der Waals surface area contributed by atoms with Crippen molar-refractivity contribution in [2.24, 2.45) is 11.3 Å². The van der Waals surface area contributed by atoms with Gasteiger partial charge < -0.3 is 14.8 Å². The lowest BCUT2D eigenvalue weighted by molar-refractivity contribution is -0.157. The predicted octanol–water partition coefficient (Wildman–Crippen LogP) is 3.05. The average Bonchev–Trinajstić information content (AvgIpc) is 2.55. The molecule has 2 saturated carbocycles. The number of amides is 1. The van der Waals surface area contributed by atoms with Gasteiger partial charge in [0.1, 0.15) is 0 Å². The van der Waals surface area contributed by atoms with Gasteiger partial charge in [-0.3, -0.25) is 4.79 Å². The van der Waals surface area contributed by atoms with Crippen LogP contribution < -0.4 is 5.32 Å². The summed E-state index contributed by atoms with van der Waals surface area (Å²) < 4.78 is 11.3. The molecule has 1 heterocycles. The van der Waals surface area contributed by atoms with Crippen molar-refractivity contribution in [2.75, 3.05) is 19.8 Å². The second kappa shape index (κ2) is 7.31. The quantitative estimate of drug-likeness (QED) is 0.849. The van der Waals surface area contributed by atoms with Gasteiger partial charge in [0.15, 0.2) is 0 Å². The van der Waals surface area contributed by atoms with Crippen LogP contribution in [0.5, 0.6) is 0 Å². The van der Waals surface area contributed by atoms with E-state index in [1.54, 1.807) is 0 Å². The number of nitrogens with one attached hydrogen (secondary N) is 1. The van der Waals surface area contributed by atoms with E-state index in [-0.39, 0.29) is 11.3 Å². The van der Waals surface area contributed by atoms with Crippen molar-refractivity contribution >= 4 is 5.91 Å². The molecule has 4 nitrogen and oxygen atoms in total. The van der Waals surface area contributed by atoms with Gasteiger partial charge in [-0.15, -0.1) is 0 Å². The van der Waals surface area contributed by atoms with Crippen LogP contribution in [0.4, 0.5) is 0 Å². The van der Waals surface area contributed by atoms with Crippen molar-refractivity contribution in [3.05, 3.63) is 0 Å². The number of ether oxygens (including phenoxy) is 2. The molecule has 0 radical (unpaired) electrons. The van der Waals surface area contributed by atoms with Gasteiger partial charge in [-0.05, 0) is 44.9 Å². The minimum atomic E-state index is 0.236. The molecule has 3 fully saturated rings. The molecule has 0 aromatic rings. The van der Waals surface area contributed by atoms with Crippen molar-refractivity contribution in [3.8, 4) is 0 Å². The van der Waals surface area contributed by atoms with Gasteiger partial charge in [-0.2, -0.15) is 0 Å². The highest BCUT2D eigenvalue weighted by molar-refractivity contribution is 5.76. The van der Waals surface area contributed by atoms with E-state index in [2.05, 4.69) is 12.2 Å². The summed E-state index contributed by atoms with van der Waals surface area (Å²) in [4.78, 5) is 12.4. The summed E-state index contributed by atoms with van der Waals surface area (Å²) in [6.07, 6.45) is 10.5. The first kappa shape index (κ1) is 16.3. The zero-order valence-electron chi connectivity index (χ0n) is 13.9. The van der Waals surface area contributed by atoms with Crippen molar-refractivity contribution in [3.63, 3.8) is 0 Å². The fourth-order valence-corrected chi connectivity index (χ4v) is 4.73. The van der Waals surface area contributed by atoms with Crippen LogP contribution in [0.15, 0.2) is 0 Å². The first-order chi connectivity index (χ1) is 10.7. The van der Waals surface area contributed by atoms with Crippen molar-refractivity contribution in [1.29, 1.82) is 0 Å². The Morgan fingerprint density at radius 3 is 2.64 bits per heavy atom. The van der Waals surface area contributed by atoms with E-state index < -0.39 is 0 Å². The normalized spacial score (nSPS) is 31.7. The Bertz CT molecular complexity index is 373. The van der Waals surface area contributed by atoms with Gasteiger partial charge in [0.25, 0.3) is 0 Å². The Kier molecular flexibility index (Phi) is 5.40. The number of hydrogen-bond donors (Lipinski definition) is 1. The fraction of sp³-hybridized carbons (Fsp3) is 0.944. The van der Waals surface area contributed by atoms with Crippen LogP contribution in [-0.2, 0) is 14.3 Å². The molecule has 0 aromatic heterocycles. The highest BCUT2D eigenvalue weighted by Gasteiger charge is 2.56. The Hall–Kier alpha value is -0.610. The molecule has 1 saturated heterocycles. The van der Waals surface area contributed by atoms with Crippen LogP contribution in [0, 0.1) is 11.3 Å². The summed E-state index contributed by atoms with van der Waals surface area (Å²) in [6.45, 7) is 4.50. The zero-order chi connectivity index (χ0) is 15.4. The first-order valence-corrected chi connectivity index (χ1v) is 9.23. The molecular formula is C18H31NO3. The molecule has 3 aliphatic rings. The first-order valence-electron chi connectivity index (χ1n) is 9.23. The van der Waals surface area contributed by atoms with E-state index in [4.69, 9.17) is 9.47 Å². The van der Waals surface area contributed by atoms with Gasteiger partial charge in [0, 0.05) is 37.7 Å². The average molecular weight is 309 g/mol. The maximum atomic E-state index is 12.4. The summed E-state index contributed by atoms with van der Waals surface area (Å²) in [5.41, 5.74) is 0.236. The van der Waals surface area contributed by atoms with Gasteiger partial charge in [-0.25, -0.2) is 0 Å². The second-order valence-electron chi connectivity index (χ2n) is 7.35. The zero-order valence-corrected chi connectivity index (χ0v) is 13.9. The van der Waals surface area contributed by atoms with Crippen molar-refractivity contribution in [2.45, 2.75) is 76.9 Å². The highest BCUT2D eigenvalue weighted by Crippen LogP contribution is 2.53. The molecule has 0 bridgehead atoms. The predicted molar refractivity (Wildman–Crippen MR) is 85.6 cm³/mol. The molecule has 126 valence electrons. The molecule has 22 heavy (non-hydrogen) atoms. The Balaban J connectivity index is 1.53. The van der Waals surface area contributed by atoms with Crippen LogP contribution in [-0.4, -0.2) is 37.9 Å². The summed E-state index contributed by atoms with van der Waals surface area (Å²) >= 11 is 0. The number of hydrogen-bond acceptors (Lipinski definition) is 3. The van der Waals surface area contributed by atoms with E-state index >= 15 is 0 Å². The molecule has 1 spiro atoms. The summed E-state index contributed by atoms with van der Waals surface area (Å²) in [7, 11) is 0. The number of carbonyl (C=O) groups is 1. The Morgan fingerprint density at radius 1 is 1.23 bits per heavy atom. The summed E-state index contributed by atoms with van der Waals surface area (Å²) in [6, 6.07) is 0.344. The molecule has 1 aliphatic heterocycles. The molecular weight excluding hydrogens is 278 g/mol. The van der Waals surface area contributed by atoms with E-state index in [0.29, 0.717) is 24.5 Å². The molecule has 2 atom stereocenters. The van der Waals surface area contributed by atoms with Crippen LogP contribution in [0.3, 0.4) is 0 Å². The number of carbonyl (C=O) groups excluding carboxylic acids is 1. The molecule has 1 amide bonds. The number of rotatable bonds is 5. The molecule has 0 aromatic carbocycles. The minimum absolute atomic E-state index is 0.236. The molecule has 0 unspecified atom stereocenters. The lowest BCUT2D eigenvalue weighted by atomic mass is 9.55. The van der Waals surface area contributed by atoms with E-state index in [0.717, 1.165) is 39.1 Å². The van der Waals surface area contributed by atoms with E-state index in [1.807, 2.05) is 0 Å². The van der Waals surface area contributed by atoms with Gasteiger partial charge in [0.2, 0.25) is 5.91 Å². The summed E-state index contributed by atoms with van der Waals surface area (Å²) in [5.74, 6) is 0.760.